The fourth-order valence-corrected chi connectivity index (χ4v) is 2.41. The molecule has 0 aromatic carbocycles. The fourth-order valence-electron chi connectivity index (χ4n) is 2.41. The minimum Gasteiger partial charge on any atom is -0.378 e. The predicted molar refractivity (Wildman–Crippen MR) is 90.1 cm³/mol. The van der Waals surface area contributed by atoms with Crippen LogP contribution in [0.4, 0.5) is 16.0 Å². The van der Waals surface area contributed by atoms with Crippen molar-refractivity contribution < 1.29 is 13.9 Å². The molecule has 1 saturated heterocycles. The number of carbonyl (C=O) groups excluding carboxylic acids is 1. The SMILES string of the molecule is O=C(NCCNc1cc(N2CCOCC2)ncn1)c1cncc(F)c1. The summed E-state index contributed by atoms with van der Waals surface area (Å²) in [5.41, 5.74) is 0.191. The third-order valence-corrected chi connectivity index (χ3v) is 3.67. The third kappa shape index (κ3) is 4.83. The number of hydrogen-bond acceptors (Lipinski definition) is 7. The van der Waals surface area contributed by atoms with E-state index in [0.717, 1.165) is 31.2 Å². The molecule has 0 atom stereocenters. The molecule has 132 valence electrons. The van der Waals surface area contributed by atoms with Crippen molar-refractivity contribution in [3.63, 3.8) is 0 Å². The van der Waals surface area contributed by atoms with Gasteiger partial charge >= 0.3 is 0 Å². The Balaban J connectivity index is 1.46. The van der Waals surface area contributed by atoms with Crippen LogP contribution in [0.25, 0.3) is 0 Å². The minimum atomic E-state index is -0.539. The average molecular weight is 346 g/mol. The van der Waals surface area contributed by atoms with E-state index in [1.54, 1.807) is 0 Å². The van der Waals surface area contributed by atoms with Gasteiger partial charge in [-0.3, -0.25) is 9.78 Å². The van der Waals surface area contributed by atoms with Gasteiger partial charge in [-0.1, -0.05) is 0 Å². The zero-order valence-corrected chi connectivity index (χ0v) is 13.6. The van der Waals surface area contributed by atoms with Crippen LogP contribution in [0.1, 0.15) is 10.4 Å². The maximum absolute atomic E-state index is 13.0. The van der Waals surface area contributed by atoms with Crippen LogP contribution in [0, 0.1) is 5.82 Å². The highest BCUT2D eigenvalue weighted by Gasteiger charge is 2.13. The number of pyridine rings is 1. The van der Waals surface area contributed by atoms with Gasteiger partial charge in [-0.15, -0.1) is 0 Å². The Morgan fingerprint density at radius 2 is 2.04 bits per heavy atom. The molecule has 1 aliphatic heterocycles. The van der Waals surface area contributed by atoms with Gasteiger partial charge in [0.05, 0.1) is 25.0 Å². The van der Waals surface area contributed by atoms with Crippen LogP contribution in [0.5, 0.6) is 0 Å². The molecule has 0 aliphatic carbocycles. The number of carbonyl (C=O) groups is 1. The third-order valence-electron chi connectivity index (χ3n) is 3.67. The Labute approximate surface area is 144 Å². The van der Waals surface area contributed by atoms with Crippen LogP contribution in [-0.2, 0) is 4.74 Å². The lowest BCUT2D eigenvalue weighted by molar-refractivity contribution is 0.0954. The minimum absolute atomic E-state index is 0.191. The molecule has 25 heavy (non-hydrogen) atoms. The first-order valence-electron chi connectivity index (χ1n) is 8.00. The number of hydrogen-bond donors (Lipinski definition) is 2. The number of ether oxygens (including phenoxy) is 1. The number of anilines is 2. The van der Waals surface area contributed by atoms with E-state index in [1.807, 2.05) is 6.07 Å². The normalized spacial score (nSPS) is 14.2. The summed E-state index contributed by atoms with van der Waals surface area (Å²) in [5, 5.41) is 5.82. The molecule has 0 bridgehead atoms. The number of rotatable bonds is 6. The summed E-state index contributed by atoms with van der Waals surface area (Å²) in [6.45, 7) is 3.82. The van der Waals surface area contributed by atoms with Crippen LogP contribution < -0.4 is 15.5 Å². The van der Waals surface area contributed by atoms with Crippen molar-refractivity contribution in [3.05, 3.63) is 42.2 Å². The first-order chi connectivity index (χ1) is 12.2. The highest BCUT2D eigenvalue weighted by Crippen LogP contribution is 2.15. The highest BCUT2D eigenvalue weighted by atomic mass is 19.1. The number of aromatic nitrogens is 3. The Hall–Kier alpha value is -2.81. The van der Waals surface area contributed by atoms with Crippen molar-refractivity contribution >= 4 is 17.5 Å². The van der Waals surface area contributed by atoms with Gasteiger partial charge in [0.15, 0.2) is 0 Å². The number of nitrogens with zero attached hydrogens (tertiary/aromatic N) is 4. The topological polar surface area (TPSA) is 92.3 Å². The van der Waals surface area contributed by atoms with Crippen molar-refractivity contribution in [3.8, 4) is 0 Å². The van der Waals surface area contributed by atoms with E-state index in [1.165, 1.54) is 12.5 Å². The van der Waals surface area contributed by atoms with E-state index in [2.05, 4.69) is 30.5 Å². The molecule has 0 radical (unpaired) electrons. The van der Waals surface area contributed by atoms with Gasteiger partial charge in [0.1, 0.15) is 23.8 Å². The highest BCUT2D eigenvalue weighted by molar-refractivity contribution is 5.93. The van der Waals surface area contributed by atoms with Gasteiger partial charge in [-0.2, -0.15) is 0 Å². The van der Waals surface area contributed by atoms with E-state index in [0.29, 0.717) is 32.1 Å². The predicted octanol–water partition coefficient (Wildman–Crippen LogP) is 0.689. The van der Waals surface area contributed by atoms with Gasteiger partial charge in [0.2, 0.25) is 0 Å². The Bertz CT molecular complexity index is 723. The van der Waals surface area contributed by atoms with Crippen molar-refractivity contribution in [2.75, 3.05) is 49.6 Å². The monoisotopic (exact) mass is 346 g/mol. The molecule has 8 nitrogen and oxygen atoms in total. The van der Waals surface area contributed by atoms with Crippen molar-refractivity contribution in [1.29, 1.82) is 0 Å². The second-order valence-electron chi connectivity index (χ2n) is 5.44. The molecule has 1 aliphatic rings. The fraction of sp³-hybridized carbons (Fsp3) is 0.375. The molecule has 2 aromatic heterocycles. The molecule has 2 aromatic rings. The van der Waals surface area contributed by atoms with Crippen LogP contribution in [0.3, 0.4) is 0 Å². The number of amides is 1. The van der Waals surface area contributed by atoms with Gasteiger partial charge in [-0.25, -0.2) is 14.4 Å². The lowest BCUT2D eigenvalue weighted by Crippen LogP contribution is -2.36. The van der Waals surface area contributed by atoms with Crippen molar-refractivity contribution in [2.24, 2.45) is 0 Å². The molecule has 0 unspecified atom stereocenters. The molecule has 1 fully saturated rings. The summed E-state index contributed by atoms with van der Waals surface area (Å²) in [6.07, 6.45) is 3.88. The van der Waals surface area contributed by atoms with Crippen LogP contribution in [0.15, 0.2) is 30.9 Å². The van der Waals surface area contributed by atoms with E-state index in [-0.39, 0.29) is 11.5 Å². The summed E-state index contributed by atoms with van der Waals surface area (Å²) >= 11 is 0. The number of morpholine rings is 1. The van der Waals surface area contributed by atoms with Crippen LogP contribution in [-0.4, -0.2) is 60.3 Å². The van der Waals surface area contributed by atoms with Gasteiger partial charge < -0.3 is 20.3 Å². The second-order valence-corrected chi connectivity index (χ2v) is 5.44. The molecule has 9 heteroatoms. The molecule has 0 spiro atoms. The van der Waals surface area contributed by atoms with Gasteiger partial charge in [-0.05, 0) is 6.07 Å². The average Bonchev–Trinajstić information content (AvgIpc) is 2.66. The standard InChI is InChI=1S/C16H19FN6O2/c17-13-7-12(9-18-10-13)16(24)20-2-1-19-14-8-15(22-11-21-14)23-3-5-25-6-4-23/h7-11H,1-6H2,(H,20,24)(H,19,21,22). The Kier molecular flexibility index (Phi) is 5.68. The molecule has 0 saturated carbocycles. The lowest BCUT2D eigenvalue weighted by atomic mass is 10.2. The smallest absolute Gasteiger partial charge is 0.253 e. The lowest BCUT2D eigenvalue weighted by Gasteiger charge is -2.27. The summed E-state index contributed by atoms with van der Waals surface area (Å²) in [7, 11) is 0. The first-order valence-corrected chi connectivity index (χ1v) is 8.00. The van der Waals surface area contributed by atoms with E-state index >= 15 is 0 Å². The molecule has 3 rings (SSSR count). The van der Waals surface area contributed by atoms with Crippen LogP contribution >= 0.6 is 0 Å². The summed E-state index contributed by atoms with van der Waals surface area (Å²) < 4.78 is 18.4. The second kappa shape index (κ2) is 8.34. The van der Waals surface area contributed by atoms with E-state index in [9.17, 15) is 9.18 Å². The van der Waals surface area contributed by atoms with E-state index in [4.69, 9.17) is 4.74 Å². The molecular weight excluding hydrogens is 327 g/mol. The Morgan fingerprint density at radius 1 is 1.20 bits per heavy atom. The Morgan fingerprint density at radius 3 is 2.84 bits per heavy atom. The summed E-state index contributed by atoms with van der Waals surface area (Å²) in [5.74, 6) is 0.613. The molecular formula is C16H19FN6O2. The zero-order valence-electron chi connectivity index (χ0n) is 13.6. The van der Waals surface area contributed by atoms with Crippen LogP contribution in [0.2, 0.25) is 0 Å². The largest absolute Gasteiger partial charge is 0.378 e. The zero-order chi connectivity index (χ0) is 17.5. The van der Waals surface area contributed by atoms with Gasteiger partial charge in [0.25, 0.3) is 5.91 Å². The van der Waals surface area contributed by atoms with E-state index < -0.39 is 5.82 Å². The number of nitrogens with one attached hydrogen (secondary N) is 2. The molecule has 3 heterocycles. The van der Waals surface area contributed by atoms with Crippen molar-refractivity contribution in [1.82, 2.24) is 20.3 Å². The van der Waals surface area contributed by atoms with Crippen molar-refractivity contribution in [2.45, 2.75) is 0 Å². The van der Waals surface area contributed by atoms with Gasteiger partial charge in [0, 0.05) is 38.4 Å². The maximum Gasteiger partial charge on any atom is 0.253 e. The maximum atomic E-state index is 13.0. The number of halogens is 1. The molecule has 1 amide bonds. The quantitative estimate of drug-likeness (QED) is 0.744. The summed E-state index contributed by atoms with van der Waals surface area (Å²) in [4.78, 5) is 26.1. The summed E-state index contributed by atoms with van der Waals surface area (Å²) in [6, 6.07) is 3.01. The first kappa shape index (κ1) is 17.0. The molecule has 2 N–H and O–H groups in total.